The van der Waals surface area contributed by atoms with E-state index in [1.807, 2.05) is 13.8 Å². The molecule has 2 rings (SSSR count). The van der Waals surface area contributed by atoms with Crippen molar-refractivity contribution in [2.24, 2.45) is 5.92 Å². The summed E-state index contributed by atoms with van der Waals surface area (Å²) in [6.07, 6.45) is 1.02. The lowest BCUT2D eigenvalue weighted by molar-refractivity contribution is -0.155. The average molecular weight is 477 g/mol. The summed E-state index contributed by atoms with van der Waals surface area (Å²) in [7, 11) is 0. The van der Waals surface area contributed by atoms with Gasteiger partial charge in [-0.2, -0.15) is 0 Å². The van der Waals surface area contributed by atoms with Crippen molar-refractivity contribution in [1.82, 2.24) is 10.3 Å². The highest BCUT2D eigenvalue weighted by Crippen LogP contribution is 2.23. The Kier molecular flexibility index (Phi) is 9.66. The first kappa shape index (κ1) is 26.1. The van der Waals surface area contributed by atoms with Crippen LogP contribution in [0.4, 0.5) is 0 Å². The van der Waals surface area contributed by atoms with E-state index >= 15 is 0 Å². The monoisotopic (exact) mass is 476 g/mol. The molecule has 0 saturated heterocycles. The fourth-order valence-corrected chi connectivity index (χ4v) is 3.18. The smallest absolute Gasteiger partial charge is 0.328 e. The summed E-state index contributed by atoms with van der Waals surface area (Å²) in [5.74, 6) is -1.03. The van der Waals surface area contributed by atoms with Gasteiger partial charge in [0.25, 0.3) is 5.91 Å². The van der Waals surface area contributed by atoms with E-state index in [2.05, 4.69) is 10.3 Å². The molecule has 2 aromatic rings. The highest BCUT2D eigenvalue weighted by molar-refractivity contribution is 6.30. The maximum absolute atomic E-state index is 12.7. The number of aromatic nitrogens is 1. The molecule has 8 nitrogen and oxygen atoms in total. The quantitative estimate of drug-likeness (QED) is 0.512. The molecule has 9 heteroatoms. The summed E-state index contributed by atoms with van der Waals surface area (Å²) in [6.45, 7) is 8.53. The molecule has 1 N–H and O–H groups in total. The normalized spacial score (nSPS) is 13.5. The lowest BCUT2D eigenvalue weighted by atomic mass is 10.0. The summed E-state index contributed by atoms with van der Waals surface area (Å²) in [6, 6.07) is 9.00. The highest BCUT2D eigenvalue weighted by atomic mass is 35.5. The van der Waals surface area contributed by atoms with Crippen LogP contribution >= 0.6 is 11.6 Å². The van der Waals surface area contributed by atoms with Crippen molar-refractivity contribution in [2.45, 2.75) is 59.3 Å². The minimum absolute atomic E-state index is 0.00311. The Bertz CT molecular complexity index is 981. The van der Waals surface area contributed by atoms with Gasteiger partial charge in [0.2, 0.25) is 0 Å². The number of amides is 1. The van der Waals surface area contributed by atoms with Gasteiger partial charge in [-0.05, 0) is 56.5 Å². The van der Waals surface area contributed by atoms with E-state index in [0.717, 1.165) is 0 Å². The number of hydrogen-bond donors (Lipinski definition) is 1. The summed E-state index contributed by atoms with van der Waals surface area (Å²) < 4.78 is 16.6. The SMILES string of the molecule is CC(=O)Oc1cccnc1C(=O)N[C@@H](C)C(=O)O[C@@H](C)[C@@H](CC(C)C)Oc1cccc(Cl)c1. The lowest BCUT2D eigenvalue weighted by Gasteiger charge is -2.27. The number of hydrogen-bond acceptors (Lipinski definition) is 7. The van der Waals surface area contributed by atoms with Crippen LogP contribution in [0.15, 0.2) is 42.6 Å². The molecule has 0 saturated carbocycles. The lowest BCUT2D eigenvalue weighted by Crippen LogP contribution is -2.43. The van der Waals surface area contributed by atoms with Gasteiger partial charge in [-0.15, -0.1) is 0 Å². The van der Waals surface area contributed by atoms with Crippen molar-refractivity contribution in [3.05, 3.63) is 53.3 Å². The van der Waals surface area contributed by atoms with Crippen LogP contribution in [-0.2, 0) is 14.3 Å². The van der Waals surface area contributed by atoms with Gasteiger partial charge in [0.15, 0.2) is 11.4 Å². The fourth-order valence-electron chi connectivity index (χ4n) is 3.00. The second-order valence-corrected chi connectivity index (χ2v) is 8.46. The van der Waals surface area contributed by atoms with Gasteiger partial charge < -0.3 is 19.5 Å². The molecule has 3 atom stereocenters. The molecule has 1 aromatic carbocycles. The topological polar surface area (TPSA) is 104 Å². The molecule has 0 radical (unpaired) electrons. The van der Waals surface area contributed by atoms with Crippen LogP contribution in [0, 0.1) is 5.92 Å². The summed E-state index contributed by atoms with van der Waals surface area (Å²) in [5, 5.41) is 3.07. The van der Waals surface area contributed by atoms with Gasteiger partial charge >= 0.3 is 11.9 Å². The van der Waals surface area contributed by atoms with Crippen molar-refractivity contribution in [1.29, 1.82) is 0 Å². The van der Waals surface area contributed by atoms with Gasteiger partial charge in [-0.1, -0.05) is 31.5 Å². The van der Waals surface area contributed by atoms with Crippen molar-refractivity contribution >= 4 is 29.4 Å². The van der Waals surface area contributed by atoms with Crippen LogP contribution in [0.1, 0.15) is 51.5 Å². The van der Waals surface area contributed by atoms with E-state index in [4.69, 9.17) is 25.8 Å². The van der Waals surface area contributed by atoms with Crippen LogP contribution in [0.2, 0.25) is 5.02 Å². The Labute approximate surface area is 198 Å². The average Bonchev–Trinajstić information content (AvgIpc) is 2.72. The molecule has 0 aliphatic heterocycles. The molecule has 0 spiro atoms. The zero-order chi connectivity index (χ0) is 24.5. The first-order valence-electron chi connectivity index (χ1n) is 10.6. The minimum atomic E-state index is -0.974. The molecule has 0 aliphatic carbocycles. The Morgan fingerprint density at radius 1 is 1.09 bits per heavy atom. The van der Waals surface area contributed by atoms with Crippen LogP contribution in [-0.4, -0.2) is 41.1 Å². The molecular weight excluding hydrogens is 448 g/mol. The van der Waals surface area contributed by atoms with E-state index in [0.29, 0.717) is 17.2 Å². The Morgan fingerprint density at radius 2 is 1.82 bits per heavy atom. The molecule has 178 valence electrons. The number of carbonyl (C=O) groups excluding carboxylic acids is 3. The Hall–Kier alpha value is -3.13. The predicted octanol–water partition coefficient (Wildman–Crippen LogP) is 4.20. The van der Waals surface area contributed by atoms with E-state index in [1.54, 1.807) is 31.2 Å². The van der Waals surface area contributed by atoms with Crippen LogP contribution in [0.5, 0.6) is 11.5 Å². The maximum Gasteiger partial charge on any atom is 0.328 e. The van der Waals surface area contributed by atoms with Crippen molar-refractivity contribution < 1.29 is 28.6 Å². The Balaban J connectivity index is 2.04. The summed E-state index contributed by atoms with van der Waals surface area (Å²) in [4.78, 5) is 40.5. The highest BCUT2D eigenvalue weighted by Gasteiger charge is 2.28. The summed E-state index contributed by atoms with van der Waals surface area (Å²) in [5.41, 5.74) is -0.109. The van der Waals surface area contributed by atoms with Gasteiger partial charge in [-0.25, -0.2) is 9.78 Å². The number of halogens is 1. The number of esters is 2. The molecule has 0 unspecified atom stereocenters. The fraction of sp³-hybridized carbons (Fsp3) is 0.417. The van der Waals surface area contributed by atoms with Crippen molar-refractivity contribution in [3.63, 3.8) is 0 Å². The molecule has 0 aliphatic rings. The number of rotatable bonds is 10. The largest absolute Gasteiger partial charge is 0.487 e. The van der Waals surface area contributed by atoms with E-state index in [9.17, 15) is 14.4 Å². The number of nitrogens with zero attached hydrogens (tertiary/aromatic N) is 1. The zero-order valence-electron chi connectivity index (χ0n) is 19.3. The van der Waals surface area contributed by atoms with Gasteiger partial charge in [0.1, 0.15) is 24.0 Å². The van der Waals surface area contributed by atoms with Gasteiger partial charge in [0, 0.05) is 18.1 Å². The zero-order valence-corrected chi connectivity index (χ0v) is 20.1. The standard InChI is InChI=1S/C24H29ClN2O6/c1-14(2)12-21(33-19-9-6-8-18(25)13-19)16(4)31-24(30)15(3)27-23(29)22-20(32-17(5)28)10-7-11-26-22/h6-11,13-16,21H,12H2,1-5H3,(H,27,29)/t15-,16-,21+/m0/s1. The minimum Gasteiger partial charge on any atom is -0.487 e. The van der Waals surface area contributed by atoms with Crippen LogP contribution in [0.3, 0.4) is 0 Å². The van der Waals surface area contributed by atoms with Gasteiger partial charge in [-0.3, -0.25) is 9.59 Å². The van der Waals surface area contributed by atoms with E-state index in [1.165, 1.54) is 32.2 Å². The molecule has 1 heterocycles. The third-order valence-electron chi connectivity index (χ3n) is 4.55. The molecule has 0 bridgehead atoms. The van der Waals surface area contributed by atoms with Crippen molar-refractivity contribution in [3.8, 4) is 11.5 Å². The Morgan fingerprint density at radius 3 is 2.45 bits per heavy atom. The summed E-state index contributed by atoms with van der Waals surface area (Å²) >= 11 is 6.04. The third kappa shape index (κ3) is 8.38. The van der Waals surface area contributed by atoms with Crippen LogP contribution < -0.4 is 14.8 Å². The maximum atomic E-state index is 12.7. The van der Waals surface area contributed by atoms with Crippen molar-refractivity contribution in [2.75, 3.05) is 0 Å². The number of benzene rings is 1. The molecule has 33 heavy (non-hydrogen) atoms. The molecule has 1 amide bonds. The van der Waals surface area contributed by atoms with E-state index in [-0.39, 0.29) is 17.4 Å². The molecule has 0 fully saturated rings. The number of carbonyl (C=O) groups is 3. The number of pyridine rings is 1. The second kappa shape index (κ2) is 12.2. The predicted molar refractivity (Wildman–Crippen MR) is 123 cm³/mol. The first-order valence-corrected chi connectivity index (χ1v) is 11.0. The van der Waals surface area contributed by atoms with Gasteiger partial charge in [0.05, 0.1) is 0 Å². The number of nitrogens with one attached hydrogen (secondary N) is 1. The molecule has 1 aromatic heterocycles. The third-order valence-corrected chi connectivity index (χ3v) is 4.79. The second-order valence-electron chi connectivity index (χ2n) is 8.02. The number of ether oxygens (including phenoxy) is 3. The first-order chi connectivity index (χ1) is 15.6. The van der Waals surface area contributed by atoms with Crippen LogP contribution in [0.25, 0.3) is 0 Å². The van der Waals surface area contributed by atoms with E-state index < -0.39 is 36.1 Å². The molecular formula is C24H29ClN2O6.